The molecule has 4 fully saturated rings. The predicted molar refractivity (Wildman–Crippen MR) is 238 cm³/mol. The van der Waals surface area contributed by atoms with Crippen LogP contribution < -0.4 is 0 Å². The Balaban J connectivity index is 1.04. The lowest BCUT2D eigenvalue weighted by atomic mass is 9.88. The van der Waals surface area contributed by atoms with Crippen LogP contribution in [0.1, 0.15) is 51.3 Å². The van der Waals surface area contributed by atoms with Crippen LogP contribution >= 0.6 is 34.8 Å². The molecule has 0 radical (unpaired) electrons. The molecule has 64 heavy (non-hydrogen) atoms. The number of hydrogen-bond donors (Lipinski definition) is 1. The van der Waals surface area contributed by atoms with Crippen molar-refractivity contribution in [3.05, 3.63) is 118 Å². The van der Waals surface area contributed by atoms with E-state index in [1.54, 1.807) is 0 Å². The van der Waals surface area contributed by atoms with Gasteiger partial charge in [-0.2, -0.15) is 0 Å². The van der Waals surface area contributed by atoms with Crippen molar-refractivity contribution < 1.29 is 52.1 Å². The van der Waals surface area contributed by atoms with Gasteiger partial charge in [0.25, 0.3) is 3.79 Å². The minimum Gasteiger partial charge on any atom is -0.445 e. The fraction of sp³-hybridized carbons (Fsp3) is 0.587. The van der Waals surface area contributed by atoms with Crippen molar-refractivity contribution >= 4 is 40.7 Å². The molecule has 0 spiro atoms. The van der Waals surface area contributed by atoms with E-state index in [0.717, 1.165) is 16.7 Å². The zero-order valence-corrected chi connectivity index (χ0v) is 38.7. The fourth-order valence-corrected chi connectivity index (χ4v) is 8.78. The first-order valence-electron chi connectivity index (χ1n) is 21.5. The Morgan fingerprint density at radius 1 is 0.734 bits per heavy atom. The Labute approximate surface area is 389 Å². The number of nitrogens with zero attached hydrogens (tertiary/aromatic N) is 3. The summed E-state index contributed by atoms with van der Waals surface area (Å²) in [6.07, 6.45) is -7.44. The first-order valence-corrected chi connectivity index (χ1v) is 22.7. The average Bonchev–Trinajstić information content (AvgIpc) is 3.61. The molecule has 7 rings (SSSR count). The van der Waals surface area contributed by atoms with Gasteiger partial charge in [-0.05, 0) is 48.9 Å². The van der Waals surface area contributed by atoms with Crippen molar-refractivity contribution in [3.8, 4) is 0 Å². The molecule has 0 saturated carbocycles. The van der Waals surface area contributed by atoms with E-state index in [-0.39, 0.29) is 44.6 Å². The van der Waals surface area contributed by atoms with Gasteiger partial charge in [-0.1, -0.05) is 145 Å². The van der Waals surface area contributed by atoms with E-state index in [0.29, 0.717) is 13.2 Å². The van der Waals surface area contributed by atoms with Crippen LogP contribution in [0.3, 0.4) is 0 Å². The van der Waals surface area contributed by atoms with Gasteiger partial charge in [-0.25, -0.2) is 0 Å². The Morgan fingerprint density at radius 2 is 1.33 bits per heavy atom. The van der Waals surface area contributed by atoms with E-state index in [1.807, 2.05) is 126 Å². The number of alkyl halides is 3. The van der Waals surface area contributed by atoms with Crippen molar-refractivity contribution in [3.63, 3.8) is 0 Å². The molecule has 14 atom stereocenters. The number of hydrogen-bond acceptors (Lipinski definition) is 13. The van der Waals surface area contributed by atoms with Gasteiger partial charge in [0.2, 0.25) is 12.2 Å². The van der Waals surface area contributed by atoms with E-state index in [2.05, 4.69) is 10.0 Å². The fourth-order valence-electron chi connectivity index (χ4n) is 8.64. The first-order chi connectivity index (χ1) is 30.7. The van der Waals surface area contributed by atoms with Gasteiger partial charge in [0, 0.05) is 10.8 Å². The summed E-state index contributed by atoms with van der Waals surface area (Å²) in [5, 5.41) is 12.5. The lowest BCUT2D eigenvalue weighted by molar-refractivity contribution is -0.312. The first kappa shape index (κ1) is 48.8. The highest BCUT2D eigenvalue weighted by molar-refractivity contribution is 6.76. The van der Waals surface area contributed by atoms with Crippen LogP contribution in [0.25, 0.3) is 10.4 Å². The van der Waals surface area contributed by atoms with E-state index in [9.17, 15) is 5.53 Å². The van der Waals surface area contributed by atoms with Crippen molar-refractivity contribution in [1.29, 1.82) is 5.41 Å². The van der Waals surface area contributed by atoms with Crippen molar-refractivity contribution in [2.75, 3.05) is 19.8 Å². The van der Waals surface area contributed by atoms with Crippen molar-refractivity contribution in [2.45, 2.75) is 138 Å². The molecule has 0 aromatic heterocycles. The molecule has 348 valence electrons. The van der Waals surface area contributed by atoms with Crippen LogP contribution in [0.15, 0.2) is 96.1 Å². The van der Waals surface area contributed by atoms with Gasteiger partial charge in [0.15, 0.2) is 12.1 Å². The van der Waals surface area contributed by atoms with Crippen LogP contribution in [-0.2, 0) is 71.9 Å². The molecule has 0 bridgehead atoms. The summed E-state index contributed by atoms with van der Waals surface area (Å²) in [4.78, 5) is 3.11. The zero-order chi connectivity index (χ0) is 45.4. The summed E-state index contributed by atoms with van der Waals surface area (Å²) >= 11 is 18.2. The number of nitrogens with one attached hydrogen (secondary N) is 1. The topological polar surface area (TPSA) is 174 Å². The van der Waals surface area contributed by atoms with Crippen molar-refractivity contribution in [2.24, 2.45) is 17.0 Å². The maximum atomic E-state index is 9.62. The molecule has 3 aromatic rings. The number of ether oxygens (including phenoxy) is 11. The summed E-state index contributed by atoms with van der Waals surface area (Å²) in [5.74, 6) is -2.46. The third-order valence-corrected chi connectivity index (χ3v) is 12.4. The summed E-state index contributed by atoms with van der Waals surface area (Å²) in [6, 6.07) is 28.8. The molecule has 0 aliphatic carbocycles. The standard InChI is InChI=1S/C46H57Cl3N4O11/c1-27-36(52-53-51)33(24-54-21-30-15-9-6-10-16-30)60-43(62-44(50)46(47,48)49)38(27)57-26-35-40-41(64-45(4,5)63-40)39(29(3)59-35)61-42-28(2)37(56-23-32-19-13-8-14-20-32)34(25-58-42)55-22-31-17-11-7-12-18-31/h6-20,27-29,33-43,50H,21-26H2,1-5H3/t27?,28?,29-,33?,34-,35+,36-,37?,38?,39+,40?,41?,42+,43-/m1/s1. The summed E-state index contributed by atoms with van der Waals surface area (Å²) in [7, 11) is 0. The Kier molecular flexibility index (Phi) is 16.9. The van der Waals surface area contributed by atoms with E-state index in [4.69, 9.17) is 92.3 Å². The van der Waals surface area contributed by atoms with Crippen LogP contribution in [0.2, 0.25) is 0 Å². The van der Waals surface area contributed by atoms with Gasteiger partial charge >= 0.3 is 0 Å². The second-order valence-corrected chi connectivity index (χ2v) is 19.3. The van der Waals surface area contributed by atoms with Gasteiger partial charge in [-0.15, -0.1) is 0 Å². The number of rotatable bonds is 17. The smallest absolute Gasteiger partial charge is 0.265 e. The van der Waals surface area contributed by atoms with E-state index < -0.39 is 82.7 Å². The molecule has 4 heterocycles. The average molecular weight is 948 g/mol. The summed E-state index contributed by atoms with van der Waals surface area (Å²) < 4.78 is 68.6. The maximum absolute atomic E-state index is 9.62. The largest absolute Gasteiger partial charge is 0.445 e. The lowest BCUT2D eigenvalue weighted by Gasteiger charge is -2.47. The molecular formula is C46H57Cl3N4O11. The lowest BCUT2D eigenvalue weighted by Crippen LogP contribution is -2.61. The van der Waals surface area contributed by atoms with E-state index >= 15 is 0 Å². The summed E-state index contributed by atoms with van der Waals surface area (Å²) in [5.41, 5.74) is 12.7. The van der Waals surface area contributed by atoms with Crippen molar-refractivity contribution in [1.82, 2.24) is 0 Å². The molecule has 1 N–H and O–H groups in total. The van der Waals surface area contributed by atoms with Crippen LogP contribution in [0, 0.1) is 17.2 Å². The summed E-state index contributed by atoms with van der Waals surface area (Å²) in [6.45, 7) is 10.8. The normalized spacial score (nSPS) is 33.8. The van der Waals surface area contributed by atoms with Gasteiger partial charge in [0.05, 0.1) is 64.0 Å². The monoisotopic (exact) mass is 946 g/mol. The maximum Gasteiger partial charge on any atom is 0.265 e. The molecule has 3 aromatic carbocycles. The highest BCUT2D eigenvalue weighted by Gasteiger charge is 2.57. The third kappa shape index (κ3) is 12.5. The van der Waals surface area contributed by atoms with Gasteiger partial charge in [0.1, 0.15) is 36.6 Å². The number of benzene rings is 3. The number of fused-ring (bicyclic) bond motifs is 1. The molecule has 0 amide bonds. The third-order valence-electron chi connectivity index (χ3n) is 11.9. The SMILES string of the molecule is CC1C(OCc2ccccc2)[C@H](OCc2ccccc2)CO[C@H]1O[C@@H]1C2OC(C)(C)OC2[C@H](COC2C(C)[C@@H](N=[N+]=[N-])C(COCc3ccccc3)O[C@@H]2OC(=N)C(Cl)(Cl)Cl)O[C@@H]1C. The number of halogens is 3. The highest BCUT2D eigenvalue weighted by Crippen LogP contribution is 2.42. The molecule has 4 aliphatic heterocycles. The zero-order valence-electron chi connectivity index (χ0n) is 36.5. The minimum absolute atomic E-state index is 0.0375. The second kappa shape index (κ2) is 22.1. The van der Waals surface area contributed by atoms with Gasteiger partial charge in [-0.3, -0.25) is 5.41 Å². The Bertz CT molecular complexity index is 1980. The second-order valence-electron chi connectivity index (χ2n) is 17.0. The quantitative estimate of drug-likeness (QED) is 0.0342. The molecule has 4 aliphatic rings. The number of azide groups is 1. The molecular weight excluding hydrogens is 891 g/mol. The highest BCUT2D eigenvalue weighted by atomic mass is 35.6. The van der Waals surface area contributed by atoms with Crippen LogP contribution in [-0.4, -0.2) is 109 Å². The van der Waals surface area contributed by atoms with Gasteiger partial charge < -0.3 is 52.1 Å². The van der Waals surface area contributed by atoms with Crippen LogP contribution in [0.4, 0.5) is 0 Å². The Morgan fingerprint density at radius 3 is 1.94 bits per heavy atom. The molecule has 4 saturated heterocycles. The minimum atomic E-state index is -2.19. The molecule has 15 nitrogen and oxygen atoms in total. The molecule has 18 heteroatoms. The Hall–Kier alpha value is -3.09. The van der Waals surface area contributed by atoms with E-state index in [1.165, 1.54) is 0 Å². The van der Waals surface area contributed by atoms with Crippen LogP contribution in [0.5, 0.6) is 0 Å². The predicted octanol–water partition coefficient (Wildman–Crippen LogP) is 8.85. The molecule has 7 unspecified atom stereocenters.